The number of ether oxygens (including phenoxy) is 4. The molecular weight excluding hydrogens is 405 g/mol. The quantitative estimate of drug-likeness (QED) is 0.676. The average molecular weight is 431 g/mol. The normalized spacial score (nSPS) is 22.1. The zero-order chi connectivity index (χ0) is 22.0. The van der Waals surface area contributed by atoms with E-state index in [-0.39, 0.29) is 36.2 Å². The first-order chi connectivity index (χ1) is 15.0. The average Bonchev–Trinajstić information content (AvgIpc) is 2.74. The number of aliphatic carboxylic acids is 1. The van der Waals surface area contributed by atoms with E-state index >= 15 is 4.39 Å². The molecule has 1 aromatic carbocycles. The molecule has 0 saturated heterocycles. The van der Waals surface area contributed by atoms with Gasteiger partial charge in [-0.05, 0) is 43.0 Å². The summed E-state index contributed by atoms with van der Waals surface area (Å²) in [5.41, 5.74) is 1.71. The monoisotopic (exact) mass is 431 g/mol. The molecule has 2 aliphatic rings. The van der Waals surface area contributed by atoms with Crippen molar-refractivity contribution < 1.29 is 33.2 Å². The van der Waals surface area contributed by atoms with Gasteiger partial charge in [0.05, 0.1) is 19.3 Å². The second-order valence-electron chi connectivity index (χ2n) is 7.93. The summed E-state index contributed by atoms with van der Waals surface area (Å²) in [6.07, 6.45) is 3.57. The van der Waals surface area contributed by atoms with Crippen LogP contribution in [0.3, 0.4) is 0 Å². The minimum Gasteiger partial charge on any atom is -0.493 e. The molecule has 7 nitrogen and oxygen atoms in total. The van der Waals surface area contributed by atoms with Crippen LogP contribution in [-0.4, -0.2) is 48.6 Å². The number of carbonyl (C=O) groups is 1. The van der Waals surface area contributed by atoms with Crippen molar-refractivity contribution in [3.05, 3.63) is 35.6 Å². The van der Waals surface area contributed by atoms with Crippen molar-refractivity contribution in [3.63, 3.8) is 0 Å². The van der Waals surface area contributed by atoms with Gasteiger partial charge in [0.2, 0.25) is 5.88 Å². The Balaban J connectivity index is 1.55. The molecule has 0 unspecified atom stereocenters. The minimum absolute atomic E-state index is 0.0138. The maximum absolute atomic E-state index is 15.0. The lowest BCUT2D eigenvalue weighted by atomic mass is 9.92. The highest BCUT2D eigenvalue weighted by atomic mass is 19.1. The first-order valence-corrected chi connectivity index (χ1v) is 10.4. The third-order valence-electron chi connectivity index (χ3n) is 5.84. The van der Waals surface area contributed by atoms with Crippen LogP contribution in [0.5, 0.6) is 17.4 Å². The molecule has 0 amide bonds. The van der Waals surface area contributed by atoms with Gasteiger partial charge in [-0.3, -0.25) is 4.79 Å². The second-order valence-corrected chi connectivity index (χ2v) is 7.93. The summed E-state index contributed by atoms with van der Waals surface area (Å²) in [5, 5.41) is 8.87. The Morgan fingerprint density at radius 3 is 2.77 bits per heavy atom. The van der Waals surface area contributed by atoms with Crippen molar-refractivity contribution in [1.29, 1.82) is 0 Å². The van der Waals surface area contributed by atoms with E-state index in [4.69, 9.17) is 24.1 Å². The SMILES string of the molecule is COc1cc(OC2CC(OC)C2)nc(-c2ccc3c(c2)CC[C@H](CCC(=O)O)O3)c1F. The largest absolute Gasteiger partial charge is 0.493 e. The topological polar surface area (TPSA) is 87.1 Å². The zero-order valence-electron chi connectivity index (χ0n) is 17.6. The van der Waals surface area contributed by atoms with Crippen molar-refractivity contribution in [2.24, 2.45) is 0 Å². The third kappa shape index (κ3) is 4.74. The number of rotatable bonds is 8. The van der Waals surface area contributed by atoms with Crippen LogP contribution in [0.2, 0.25) is 0 Å². The van der Waals surface area contributed by atoms with Gasteiger partial charge in [0.15, 0.2) is 11.6 Å². The number of aromatic nitrogens is 1. The van der Waals surface area contributed by atoms with E-state index in [1.807, 2.05) is 6.07 Å². The van der Waals surface area contributed by atoms with E-state index in [2.05, 4.69) is 4.98 Å². The number of halogens is 1. The standard InChI is InChI=1S/C23H26FNO6/c1-28-16-10-17(11-16)31-20-12-19(29-2)22(24)23(25-20)14-4-7-18-13(9-14)3-5-15(30-18)6-8-21(26)27/h4,7,9,12,15-17H,3,5-6,8,10-11H2,1-2H3,(H,26,27)/t15-,16?,17?/m1/s1. The fourth-order valence-electron chi connectivity index (χ4n) is 3.94. The molecule has 4 rings (SSSR count). The minimum atomic E-state index is -0.831. The fraction of sp³-hybridized carbons (Fsp3) is 0.478. The highest BCUT2D eigenvalue weighted by Gasteiger charge is 2.32. The van der Waals surface area contributed by atoms with Crippen LogP contribution >= 0.6 is 0 Å². The highest BCUT2D eigenvalue weighted by Crippen LogP contribution is 2.37. The van der Waals surface area contributed by atoms with E-state index in [9.17, 15) is 4.79 Å². The molecule has 8 heteroatoms. The summed E-state index contributed by atoms with van der Waals surface area (Å²) in [6.45, 7) is 0. The smallest absolute Gasteiger partial charge is 0.303 e. The van der Waals surface area contributed by atoms with Gasteiger partial charge in [0.1, 0.15) is 17.5 Å². The van der Waals surface area contributed by atoms with Crippen LogP contribution in [0.1, 0.15) is 37.7 Å². The molecule has 0 radical (unpaired) electrons. The number of methoxy groups -OCH3 is 2. The van der Waals surface area contributed by atoms with Crippen molar-refractivity contribution in [1.82, 2.24) is 4.98 Å². The molecule has 1 N–H and O–H groups in total. The van der Waals surface area contributed by atoms with Gasteiger partial charge in [0, 0.05) is 38.0 Å². The molecule has 1 aliphatic heterocycles. The zero-order valence-corrected chi connectivity index (χ0v) is 17.6. The number of benzene rings is 1. The molecule has 1 saturated carbocycles. The molecule has 31 heavy (non-hydrogen) atoms. The van der Waals surface area contributed by atoms with Crippen LogP contribution in [0.25, 0.3) is 11.3 Å². The lowest BCUT2D eigenvalue weighted by Gasteiger charge is -2.33. The number of pyridine rings is 1. The van der Waals surface area contributed by atoms with E-state index in [1.54, 1.807) is 19.2 Å². The molecule has 1 atom stereocenters. The summed E-state index contributed by atoms with van der Waals surface area (Å²) in [6, 6.07) is 6.86. The molecule has 0 bridgehead atoms. The molecule has 1 aromatic heterocycles. The predicted octanol–water partition coefficient (Wildman–Crippen LogP) is 4.01. The van der Waals surface area contributed by atoms with Gasteiger partial charge in [-0.15, -0.1) is 0 Å². The Morgan fingerprint density at radius 2 is 2.06 bits per heavy atom. The first-order valence-electron chi connectivity index (χ1n) is 10.4. The van der Waals surface area contributed by atoms with Crippen LogP contribution in [-0.2, 0) is 16.0 Å². The summed E-state index contributed by atoms with van der Waals surface area (Å²) in [4.78, 5) is 15.2. The molecule has 1 fully saturated rings. The summed E-state index contributed by atoms with van der Waals surface area (Å²) < 4.78 is 37.3. The Bertz CT molecular complexity index is 959. The van der Waals surface area contributed by atoms with E-state index < -0.39 is 11.8 Å². The number of hydrogen-bond donors (Lipinski definition) is 1. The molecule has 1 aliphatic carbocycles. The number of nitrogens with zero attached hydrogens (tertiary/aromatic N) is 1. The van der Waals surface area contributed by atoms with Gasteiger partial charge in [-0.25, -0.2) is 9.37 Å². The number of fused-ring (bicyclic) bond motifs is 1. The van der Waals surface area contributed by atoms with Gasteiger partial charge in [-0.2, -0.15) is 0 Å². The fourth-order valence-corrected chi connectivity index (χ4v) is 3.94. The number of aryl methyl sites for hydroxylation is 1. The Hall–Kier alpha value is -2.87. The van der Waals surface area contributed by atoms with Crippen LogP contribution in [0.15, 0.2) is 24.3 Å². The molecule has 0 spiro atoms. The van der Waals surface area contributed by atoms with Crippen LogP contribution in [0, 0.1) is 5.82 Å². The predicted molar refractivity (Wildman–Crippen MR) is 110 cm³/mol. The molecule has 2 aromatic rings. The van der Waals surface area contributed by atoms with Gasteiger partial charge < -0.3 is 24.1 Å². The Labute approximate surface area is 180 Å². The maximum Gasteiger partial charge on any atom is 0.303 e. The summed E-state index contributed by atoms with van der Waals surface area (Å²) in [5.74, 6) is -0.290. The van der Waals surface area contributed by atoms with Crippen molar-refractivity contribution in [3.8, 4) is 28.6 Å². The molecular formula is C23H26FNO6. The highest BCUT2D eigenvalue weighted by molar-refractivity contribution is 5.67. The summed E-state index contributed by atoms with van der Waals surface area (Å²) >= 11 is 0. The van der Waals surface area contributed by atoms with Crippen molar-refractivity contribution in [2.75, 3.05) is 14.2 Å². The lowest BCUT2D eigenvalue weighted by molar-refractivity contribution is -0.137. The van der Waals surface area contributed by atoms with E-state index in [0.717, 1.165) is 24.8 Å². The second kappa shape index (κ2) is 9.09. The van der Waals surface area contributed by atoms with Gasteiger partial charge in [0.25, 0.3) is 0 Å². The van der Waals surface area contributed by atoms with Gasteiger partial charge in [-0.1, -0.05) is 0 Å². The molecule has 2 heterocycles. The Kier molecular flexibility index (Phi) is 6.27. The maximum atomic E-state index is 15.0. The number of carboxylic acid groups (broad SMARTS) is 1. The Morgan fingerprint density at radius 1 is 1.26 bits per heavy atom. The van der Waals surface area contributed by atoms with E-state index in [1.165, 1.54) is 13.2 Å². The number of hydrogen-bond acceptors (Lipinski definition) is 6. The number of carboxylic acids is 1. The van der Waals surface area contributed by atoms with E-state index in [0.29, 0.717) is 30.0 Å². The van der Waals surface area contributed by atoms with Crippen LogP contribution < -0.4 is 14.2 Å². The van der Waals surface area contributed by atoms with Crippen molar-refractivity contribution >= 4 is 5.97 Å². The lowest BCUT2D eigenvalue weighted by Crippen LogP contribution is -2.39. The van der Waals surface area contributed by atoms with Crippen molar-refractivity contribution in [2.45, 2.75) is 56.8 Å². The van der Waals surface area contributed by atoms with Gasteiger partial charge >= 0.3 is 5.97 Å². The first kappa shape index (κ1) is 21.4. The summed E-state index contributed by atoms with van der Waals surface area (Å²) in [7, 11) is 3.08. The van der Waals surface area contributed by atoms with Crippen LogP contribution in [0.4, 0.5) is 4.39 Å². The third-order valence-corrected chi connectivity index (χ3v) is 5.84. The molecule has 166 valence electrons.